The number of carbonyl (C=O) groups is 1. The van der Waals surface area contributed by atoms with Gasteiger partial charge in [0.15, 0.2) is 0 Å². The van der Waals surface area contributed by atoms with Crippen LogP contribution in [-0.4, -0.2) is 40.9 Å². The van der Waals surface area contributed by atoms with Crippen molar-refractivity contribution in [1.82, 2.24) is 15.4 Å². The number of nitrogens with zero attached hydrogens (tertiary/aromatic N) is 2. The van der Waals surface area contributed by atoms with Crippen LogP contribution in [0.3, 0.4) is 0 Å². The zero-order valence-electron chi connectivity index (χ0n) is 11.0. The minimum Gasteiger partial charge on any atom is -0.444 e. The van der Waals surface area contributed by atoms with Crippen LogP contribution in [0.25, 0.3) is 0 Å². The van der Waals surface area contributed by atoms with Crippen molar-refractivity contribution in [2.75, 3.05) is 13.1 Å². The Labute approximate surface area is 106 Å². The number of amides is 1. The third-order valence-electron chi connectivity index (χ3n) is 2.60. The van der Waals surface area contributed by atoms with Crippen molar-refractivity contribution in [3.63, 3.8) is 0 Å². The zero-order chi connectivity index (χ0) is 13.2. The van der Waals surface area contributed by atoms with Crippen LogP contribution < -0.4 is 5.32 Å². The van der Waals surface area contributed by atoms with Gasteiger partial charge in [-0.2, -0.15) is 0 Å². The Hall–Kier alpha value is -1.56. The number of hydrogen-bond donors (Lipinski definition) is 1. The van der Waals surface area contributed by atoms with Gasteiger partial charge in [-0.25, -0.2) is 4.79 Å². The lowest BCUT2D eigenvalue weighted by Gasteiger charge is -2.40. The second-order valence-electron chi connectivity index (χ2n) is 5.45. The topological polar surface area (TPSA) is 67.6 Å². The fraction of sp³-hybridized carbons (Fsp3) is 0.667. The molecule has 1 aromatic heterocycles. The van der Waals surface area contributed by atoms with Gasteiger partial charge < -0.3 is 19.5 Å². The van der Waals surface area contributed by atoms with Crippen molar-refractivity contribution in [3.8, 4) is 0 Å². The van der Waals surface area contributed by atoms with E-state index < -0.39 is 5.60 Å². The Morgan fingerprint density at radius 3 is 2.89 bits per heavy atom. The maximum atomic E-state index is 11.7. The highest BCUT2D eigenvalue weighted by atomic mass is 16.6. The first-order valence-corrected chi connectivity index (χ1v) is 6.04. The Morgan fingerprint density at radius 1 is 1.61 bits per heavy atom. The predicted molar refractivity (Wildman–Crippen MR) is 64.9 cm³/mol. The van der Waals surface area contributed by atoms with Crippen LogP contribution in [0.5, 0.6) is 0 Å². The maximum absolute atomic E-state index is 11.7. The Kier molecular flexibility index (Phi) is 3.56. The van der Waals surface area contributed by atoms with Gasteiger partial charge in [0.25, 0.3) is 0 Å². The first-order valence-electron chi connectivity index (χ1n) is 6.04. The SMILES string of the molecule is CC(C)(C)OC(=O)N1CC(NCc2ccon2)C1. The molecule has 1 aromatic rings. The fourth-order valence-corrected chi connectivity index (χ4v) is 1.66. The van der Waals surface area contributed by atoms with Gasteiger partial charge >= 0.3 is 6.09 Å². The van der Waals surface area contributed by atoms with Gasteiger partial charge in [-0.3, -0.25) is 0 Å². The minimum atomic E-state index is -0.434. The smallest absolute Gasteiger partial charge is 0.410 e. The van der Waals surface area contributed by atoms with E-state index in [-0.39, 0.29) is 6.09 Å². The number of aromatic nitrogens is 1. The minimum absolute atomic E-state index is 0.248. The molecule has 0 spiro atoms. The standard InChI is InChI=1S/C12H19N3O3/c1-12(2,3)18-11(16)15-7-10(8-15)13-6-9-4-5-17-14-9/h4-5,10,13H,6-8H2,1-3H3. The molecule has 0 saturated carbocycles. The van der Waals surface area contributed by atoms with E-state index in [9.17, 15) is 4.79 Å². The average Bonchev–Trinajstić information content (AvgIpc) is 2.64. The van der Waals surface area contributed by atoms with Crippen molar-refractivity contribution >= 4 is 6.09 Å². The van der Waals surface area contributed by atoms with Gasteiger partial charge in [0.1, 0.15) is 11.9 Å². The molecule has 0 aliphatic carbocycles. The van der Waals surface area contributed by atoms with Crippen LogP contribution in [0.2, 0.25) is 0 Å². The van der Waals surface area contributed by atoms with E-state index in [2.05, 4.69) is 10.5 Å². The second kappa shape index (κ2) is 4.97. The summed E-state index contributed by atoms with van der Waals surface area (Å²) in [7, 11) is 0. The summed E-state index contributed by atoms with van der Waals surface area (Å²) < 4.78 is 10.0. The first-order chi connectivity index (χ1) is 8.44. The average molecular weight is 253 g/mol. The number of carbonyl (C=O) groups excluding carboxylic acids is 1. The molecule has 0 bridgehead atoms. The largest absolute Gasteiger partial charge is 0.444 e. The molecule has 6 nitrogen and oxygen atoms in total. The molecule has 1 aliphatic rings. The summed E-state index contributed by atoms with van der Waals surface area (Å²) >= 11 is 0. The normalized spacial score (nSPS) is 16.5. The van der Waals surface area contributed by atoms with Gasteiger partial charge in [-0.15, -0.1) is 0 Å². The lowest BCUT2D eigenvalue weighted by atomic mass is 10.1. The summed E-state index contributed by atoms with van der Waals surface area (Å²) in [6.07, 6.45) is 1.30. The van der Waals surface area contributed by atoms with Crippen LogP contribution >= 0.6 is 0 Å². The van der Waals surface area contributed by atoms with Gasteiger partial charge in [-0.1, -0.05) is 5.16 Å². The molecule has 0 radical (unpaired) electrons. The molecule has 1 aliphatic heterocycles. The maximum Gasteiger partial charge on any atom is 0.410 e. The van der Waals surface area contributed by atoms with Crippen LogP contribution in [0, 0.1) is 0 Å². The van der Waals surface area contributed by atoms with Gasteiger partial charge in [0.05, 0.1) is 5.69 Å². The van der Waals surface area contributed by atoms with Crippen molar-refractivity contribution in [1.29, 1.82) is 0 Å². The molecule has 0 atom stereocenters. The van der Waals surface area contributed by atoms with E-state index in [1.54, 1.807) is 11.2 Å². The molecule has 1 amide bonds. The molecule has 2 rings (SSSR count). The van der Waals surface area contributed by atoms with Crippen LogP contribution in [0.15, 0.2) is 16.9 Å². The summed E-state index contributed by atoms with van der Waals surface area (Å²) in [4.78, 5) is 13.4. The number of likely N-dealkylation sites (tertiary alicyclic amines) is 1. The summed E-state index contributed by atoms with van der Waals surface area (Å²) in [6.45, 7) is 7.60. The summed E-state index contributed by atoms with van der Waals surface area (Å²) in [5, 5.41) is 7.10. The molecule has 0 unspecified atom stereocenters. The van der Waals surface area contributed by atoms with Crippen LogP contribution in [0.4, 0.5) is 4.79 Å². The van der Waals surface area contributed by atoms with E-state index >= 15 is 0 Å². The number of hydrogen-bond acceptors (Lipinski definition) is 5. The third kappa shape index (κ3) is 3.46. The molecule has 1 saturated heterocycles. The van der Waals surface area contributed by atoms with Gasteiger partial charge in [-0.05, 0) is 20.8 Å². The lowest BCUT2D eigenvalue weighted by molar-refractivity contribution is 0.00514. The van der Waals surface area contributed by atoms with Crippen LogP contribution in [-0.2, 0) is 11.3 Å². The quantitative estimate of drug-likeness (QED) is 0.881. The summed E-state index contributed by atoms with van der Waals surface area (Å²) in [6, 6.07) is 2.12. The van der Waals surface area contributed by atoms with E-state index in [4.69, 9.17) is 9.26 Å². The monoisotopic (exact) mass is 253 g/mol. The molecule has 6 heteroatoms. The molecule has 0 aromatic carbocycles. The third-order valence-corrected chi connectivity index (χ3v) is 2.60. The summed E-state index contributed by atoms with van der Waals surface area (Å²) in [5.74, 6) is 0. The molecular formula is C12H19N3O3. The number of rotatable bonds is 3. The second-order valence-corrected chi connectivity index (χ2v) is 5.45. The van der Waals surface area contributed by atoms with Crippen molar-refractivity contribution in [3.05, 3.63) is 18.0 Å². The molecule has 1 N–H and O–H groups in total. The molecule has 18 heavy (non-hydrogen) atoms. The molecular weight excluding hydrogens is 234 g/mol. The first kappa shape index (κ1) is 12.9. The van der Waals surface area contributed by atoms with E-state index in [1.165, 1.54) is 0 Å². The van der Waals surface area contributed by atoms with Crippen molar-refractivity contribution in [2.45, 2.75) is 39.0 Å². The molecule has 1 fully saturated rings. The highest BCUT2D eigenvalue weighted by Crippen LogP contribution is 2.15. The van der Waals surface area contributed by atoms with Crippen molar-refractivity contribution in [2.24, 2.45) is 0 Å². The number of nitrogens with one attached hydrogen (secondary N) is 1. The van der Waals surface area contributed by atoms with E-state index in [1.807, 2.05) is 26.8 Å². The Bertz CT molecular complexity index is 391. The zero-order valence-corrected chi connectivity index (χ0v) is 11.0. The van der Waals surface area contributed by atoms with Gasteiger partial charge in [0, 0.05) is 31.7 Å². The predicted octanol–water partition coefficient (Wildman–Crippen LogP) is 1.38. The fourth-order valence-electron chi connectivity index (χ4n) is 1.66. The highest BCUT2D eigenvalue weighted by Gasteiger charge is 2.33. The highest BCUT2D eigenvalue weighted by molar-refractivity contribution is 5.69. The molecule has 100 valence electrons. The molecule has 2 heterocycles. The van der Waals surface area contributed by atoms with Crippen LogP contribution in [0.1, 0.15) is 26.5 Å². The van der Waals surface area contributed by atoms with E-state index in [0.29, 0.717) is 25.7 Å². The number of ether oxygens (including phenoxy) is 1. The lowest BCUT2D eigenvalue weighted by Crippen LogP contribution is -2.60. The van der Waals surface area contributed by atoms with Crippen molar-refractivity contribution < 1.29 is 14.1 Å². The van der Waals surface area contributed by atoms with E-state index in [0.717, 1.165) is 5.69 Å². The Morgan fingerprint density at radius 2 is 2.33 bits per heavy atom. The van der Waals surface area contributed by atoms with Gasteiger partial charge in [0.2, 0.25) is 0 Å². The summed E-state index contributed by atoms with van der Waals surface area (Å²) in [5.41, 5.74) is 0.432. The Balaban J connectivity index is 1.66.